The van der Waals surface area contributed by atoms with Crippen LogP contribution in [0, 0.1) is 6.92 Å². The van der Waals surface area contributed by atoms with E-state index in [4.69, 9.17) is 9.47 Å². The highest BCUT2D eigenvalue weighted by Crippen LogP contribution is 2.35. The van der Waals surface area contributed by atoms with E-state index in [1.165, 1.54) is 11.9 Å². The average molecular weight is 433 g/mol. The molecule has 0 bridgehead atoms. The third-order valence-electron chi connectivity index (χ3n) is 5.18. The molecule has 0 radical (unpaired) electrons. The molecule has 1 aliphatic heterocycles. The molecule has 0 saturated heterocycles. The summed E-state index contributed by atoms with van der Waals surface area (Å²) >= 11 is 0. The van der Waals surface area contributed by atoms with Gasteiger partial charge >= 0.3 is 6.09 Å². The van der Waals surface area contributed by atoms with Crippen LogP contribution in [0.2, 0.25) is 0 Å². The highest BCUT2D eigenvalue weighted by Gasteiger charge is 2.28. The third kappa shape index (κ3) is 4.66. The number of carbonyl (C=O) groups is 1. The molecule has 1 amide bonds. The lowest BCUT2D eigenvalue weighted by Gasteiger charge is -2.24. The number of hydrogen-bond acceptors (Lipinski definition) is 6. The van der Waals surface area contributed by atoms with E-state index in [0.717, 1.165) is 28.1 Å². The first kappa shape index (κ1) is 21.6. The van der Waals surface area contributed by atoms with Gasteiger partial charge in [-0.25, -0.2) is 14.8 Å². The molecule has 1 aromatic heterocycles. The zero-order valence-corrected chi connectivity index (χ0v) is 19.1. The number of aryl methyl sites for hydroxylation is 1. The summed E-state index contributed by atoms with van der Waals surface area (Å²) in [6.07, 6.45) is 1.22. The van der Waals surface area contributed by atoms with E-state index in [1.807, 2.05) is 70.2 Å². The van der Waals surface area contributed by atoms with Crippen molar-refractivity contribution >= 4 is 17.6 Å². The summed E-state index contributed by atoms with van der Waals surface area (Å²) < 4.78 is 11.2. The molecule has 0 atom stereocenters. The first-order chi connectivity index (χ1) is 15.2. The first-order valence-electron chi connectivity index (χ1n) is 10.6. The van der Waals surface area contributed by atoms with Crippen molar-refractivity contribution in [2.75, 3.05) is 12.4 Å². The van der Waals surface area contributed by atoms with Gasteiger partial charge in [0.25, 0.3) is 0 Å². The Morgan fingerprint density at radius 3 is 2.44 bits per heavy atom. The molecule has 0 spiro atoms. The molecule has 3 aromatic rings. The van der Waals surface area contributed by atoms with E-state index in [-0.39, 0.29) is 6.09 Å². The van der Waals surface area contributed by atoms with Crippen LogP contribution in [0.3, 0.4) is 0 Å². The predicted octanol–water partition coefficient (Wildman–Crippen LogP) is 5.45. The molecule has 2 aromatic carbocycles. The van der Waals surface area contributed by atoms with Gasteiger partial charge in [0.05, 0.1) is 7.11 Å². The van der Waals surface area contributed by atoms with Gasteiger partial charge in [-0.2, -0.15) is 0 Å². The van der Waals surface area contributed by atoms with E-state index in [0.29, 0.717) is 24.7 Å². The maximum atomic E-state index is 12.4. The summed E-state index contributed by atoms with van der Waals surface area (Å²) in [5.74, 6) is 1.16. The maximum Gasteiger partial charge on any atom is 0.410 e. The molecule has 0 unspecified atom stereocenters. The van der Waals surface area contributed by atoms with Crippen LogP contribution < -0.4 is 10.1 Å². The van der Waals surface area contributed by atoms with Gasteiger partial charge in [-0.05, 0) is 51.0 Å². The third-order valence-corrected chi connectivity index (χ3v) is 5.18. The molecule has 7 heteroatoms. The van der Waals surface area contributed by atoms with E-state index in [2.05, 4.69) is 15.3 Å². The summed E-state index contributed by atoms with van der Waals surface area (Å²) in [6, 6.07) is 14.2. The fraction of sp³-hybridized carbons (Fsp3) is 0.320. The van der Waals surface area contributed by atoms with E-state index in [9.17, 15) is 4.79 Å². The summed E-state index contributed by atoms with van der Waals surface area (Å²) in [6.45, 7) is 8.71. The topological polar surface area (TPSA) is 76.6 Å². The predicted molar refractivity (Wildman–Crippen MR) is 124 cm³/mol. The van der Waals surface area contributed by atoms with Gasteiger partial charge in [0.2, 0.25) is 0 Å². The largest absolute Gasteiger partial charge is 0.491 e. The Balaban J connectivity index is 1.55. The Morgan fingerprint density at radius 1 is 1.03 bits per heavy atom. The SMILES string of the molecule is COc1c(Nc2ccc3c(c2)CN(C(=O)OC(C)(C)C)C3)ncnc1-c1ccc(C)cc1. The van der Waals surface area contributed by atoms with Crippen molar-refractivity contribution in [3.05, 3.63) is 65.5 Å². The number of benzene rings is 2. The number of methoxy groups -OCH3 is 1. The minimum absolute atomic E-state index is 0.302. The zero-order valence-electron chi connectivity index (χ0n) is 19.1. The zero-order chi connectivity index (χ0) is 22.9. The monoisotopic (exact) mass is 432 g/mol. The Kier molecular flexibility index (Phi) is 5.74. The summed E-state index contributed by atoms with van der Waals surface area (Å²) in [5, 5.41) is 3.35. The molecular formula is C25H28N4O3. The van der Waals surface area contributed by atoms with Gasteiger partial charge in [-0.1, -0.05) is 35.9 Å². The Hall–Kier alpha value is -3.61. The van der Waals surface area contributed by atoms with Crippen molar-refractivity contribution in [1.29, 1.82) is 0 Å². The fourth-order valence-corrected chi connectivity index (χ4v) is 3.64. The van der Waals surface area contributed by atoms with Crippen LogP contribution >= 0.6 is 0 Å². The number of amides is 1. The standard InChI is InChI=1S/C25H28N4O3/c1-16-6-8-17(9-7-16)21-22(31-5)23(27-15-26-21)28-20-11-10-18-13-29(14-19(18)12-20)24(30)32-25(2,3)4/h6-12,15H,13-14H2,1-5H3,(H,26,27,28). The number of rotatable bonds is 4. The normalized spacial score (nSPS) is 13.0. The molecule has 0 aliphatic carbocycles. The summed E-state index contributed by atoms with van der Waals surface area (Å²) in [5.41, 5.74) is 5.39. The quantitative estimate of drug-likeness (QED) is 0.590. The number of nitrogens with zero attached hydrogens (tertiary/aromatic N) is 3. The summed E-state index contributed by atoms with van der Waals surface area (Å²) in [4.78, 5) is 23.0. The van der Waals surface area contributed by atoms with Crippen LogP contribution in [-0.2, 0) is 17.8 Å². The molecule has 1 N–H and O–H groups in total. The van der Waals surface area contributed by atoms with Crippen LogP contribution in [0.25, 0.3) is 11.3 Å². The lowest BCUT2D eigenvalue weighted by Crippen LogP contribution is -2.33. The van der Waals surface area contributed by atoms with Crippen molar-refractivity contribution < 1.29 is 14.3 Å². The van der Waals surface area contributed by atoms with Gasteiger partial charge in [-0.3, -0.25) is 4.90 Å². The Bertz CT molecular complexity index is 1140. The van der Waals surface area contributed by atoms with Gasteiger partial charge < -0.3 is 14.8 Å². The second-order valence-corrected chi connectivity index (χ2v) is 8.92. The number of anilines is 2. The van der Waals surface area contributed by atoms with Crippen molar-refractivity contribution in [3.63, 3.8) is 0 Å². The number of nitrogens with one attached hydrogen (secondary N) is 1. The number of carbonyl (C=O) groups excluding carboxylic acids is 1. The van der Waals surface area contributed by atoms with Crippen LogP contribution in [-0.4, -0.2) is 33.7 Å². The second kappa shape index (κ2) is 8.49. The molecule has 166 valence electrons. The molecule has 0 fully saturated rings. The smallest absolute Gasteiger partial charge is 0.410 e. The Labute approximate surface area is 188 Å². The molecule has 32 heavy (non-hydrogen) atoms. The average Bonchev–Trinajstić information content (AvgIpc) is 3.17. The minimum Gasteiger partial charge on any atom is -0.491 e. The van der Waals surface area contributed by atoms with Crippen molar-refractivity contribution in [1.82, 2.24) is 14.9 Å². The van der Waals surface area contributed by atoms with Gasteiger partial charge in [-0.15, -0.1) is 0 Å². The van der Waals surface area contributed by atoms with Crippen molar-refractivity contribution in [2.45, 2.75) is 46.4 Å². The van der Waals surface area contributed by atoms with Crippen molar-refractivity contribution in [3.8, 4) is 17.0 Å². The van der Waals surface area contributed by atoms with E-state index >= 15 is 0 Å². The van der Waals surface area contributed by atoms with Crippen LogP contribution in [0.5, 0.6) is 5.75 Å². The number of hydrogen-bond donors (Lipinski definition) is 1. The highest BCUT2D eigenvalue weighted by atomic mass is 16.6. The first-order valence-corrected chi connectivity index (χ1v) is 10.6. The lowest BCUT2D eigenvalue weighted by molar-refractivity contribution is 0.0242. The molecule has 2 heterocycles. The highest BCUT2D eigenvalue weighted by molar-refractivity contribution is 5.76. The molecular weight excluding hydrogens is 404 g/mol. The van der Waals surface area contributed by atoms with Crippen LogP contribution in [0.4, 0.5) is 16.3 Å². The summed E-state index contributed by atoms with van der Waals surface area (Å²) in [7, 11) is 1.61. The van der Waals surface area contributed by atoms with Crippen LogP contribution in [0.15, 0.2) is 48.8 Å². The molecule has 0 saturated carbocycles. The van der Waals surface area contributed by atoms with E-state index < -0.39 is 5.60 Å². The molecule has 1 aliphatic rings. The maximum absolute atomic E-state index is 12.4. The lowest BCUT2D eigenvalue weighted by atomic mass is 10.1. The van der Waals surface area contributed by atoms with Gasteiger partial charge in [0.1, 0.15) is 17.6 Å². The second-order valence-electron chi connectivity index (χ2n) is 8.92. The van der Waals surface area contributed by atoms with Crippen molar-refractivity contribution in [2.24, 2.45) is 0 Å². The minimum atomic E-state index is -0.517. The number of ether oxygens (including phenoxy) is 2. The fourth-order valence-electron chi connectivity index (χ4n) is 3.64. The van der Waals surface area contributed by atoms with Crippen LogP contribution in [0.1, 0.15) is 37.5 Å². The molecule has 7 nitrogen and oxygen atoms in total. The van der Waals surface area contributed by atoms with Gasteiger partial charge in [0, 0.05) is 24.3 Å². The molecule has 4 rings (SSSR count). The number of aromatic nitrogens is 2. The van der Waals surface area contributed by atoms with E-state index in [1.54, 1.807) is 12.0 Å². The van der Waals surface area contributed by atoms with Gasteiger partial charge in [0.15, 0.2) is 11.6 Å². The Morgan fingerprint density at radius 2 is 1.75 bits per heavy atom. The number of fused-ring (bicyclic) bond motifs is 1.